The smallest absolute Gasteiger partial charge is 0.258 e. The average Bonchev–Trinajstić information content (AvgIpc) is 3.15. The monoisotopic (exact) mass is 374 g/mol. The number of nitrogens with one attached hydrogen (secondary N) is 1. The summed E-state index contributed by atoms with van der Waals surface area (Å²) in [5, 5.41) is 13.0. The molecule has 0 aliphatic heterocycles. The zero-order valence-corrected chi connectivity index (χ0v) is 14.5. The van der Waals surface area contributed by atoms with Gasteiger partial charge < -0.3 is 0 Å². The zero-order valence-electron chi connectivity index (χ0n) is 12.9. The molecule has 6 nitrogen and oxygen atoms in total. The molecule has 0 aliphatic rings. The number of rotatable bonds is 6. The minimum Gasteiger partial charge on any atom is -0.258 e. The van der Waals surface area contributed by atoms with Gasteiger partial charge in [-0.1, -0.05) is 48.5 Å². The van der Waals surface area contributed by atoms with E-state index in [1.807, 2.05) is 47.8 Å². The van der Waals surface area contributed by atoms with Crippen LogP contribution in [0.1, 0.15) is 16.5 Å². The van der Waals surface area contributed by atoms with Crippen molar-refractivity contribution < 1.29 is 13.3 Å². The average molecular weight is 374 g/mol. The van der Waals surface area contributed by atoms with E-state index in [1.54, 1.807) is 0 Å². The summed E-state index contributed by atoms with van der Waals surface area (Å²) >= 11 is 1.41. The van der Waals surface area contributed by atoms with Gasteiger partial charge in [0.2, 0.25) is 10.0 Å². The van der Waals surface area contributed by atoms with Gasteiger partial charge in [0, 0.05) is 10.9 Å². The molecule has 0 spiro atoms. The molecular weight excluding hydrogens is 360 g/mol. The molecule has 8 heteroatoms. The first-order valence-electron chi connectivity index (χ1n) is 7.33. The Hall–Kier alpha value is -2.55. The van der Waals surface area contributed by atoms with Gasteiger partial charge in [-0.2, -0.15) is 4.72 Å². The number of sulfonamides is 1. The summed E-state index contributed by atoms with van der Waals surface area (Å²) in [6, 6.07) is 17.4. The molecule has 0 aliphatic carbocycles. The number of nitro benzene ring substituents is 1. The number of hydrogen-bond donors (Lipinski definition) is 1. The second kappa shape index (κ2) is 7.14. The number of thiophene rings is 1. The lowest BCUT2D eigenvalue weighted by atomic mass is 10.1. The van der Waals surface area contributed by atoms with E-state index >= 15 is 0 Å². The van der Waals surface area contributed by atoms with Gasteiger partial charge in [0.15, 0.2) is 4.90 Å². The van der Waals surface area contributed by atoms with Crippen molar-refractivity contribution in [2.24, 2.45) is 0 Å². The molecule has 1 atom stereocenters. The summed E-state index contributed by atoms with van der Waals surface area (Å²) in [6.07, 6.45) is 0. The third-order valence-electron chi connectivity index (χ3n) is 3.59. The summed E-state index contributed by atoms with van der Waals surface area (Å²) in [6.45, 7) is 0. The van der Waals surface area contributed by atoms with Crippen LogP contribution in [0, 0.1) is 10.1 Å². The highest BCUT2D eigenvalue weighted by Gasteiger charge is 2.29. The number of para-hydroxylation sites is 1. The summed E-state index contributed by atoms with van der Waals surface area (Å²) in [5.41, 5.74) is 0.306. The summed E-state index contributed by atoms with van der Waals surface area (Å²) < 4.78 is 28.3. The van der Waals surface area contributed by atoms with Crippen molar-refractivity contribution in [2.45, 2.75) is 10.9 Å². The van der Waals surface area contributed by atoms with Crippen molar-refractivity contribution in [3.8, 4) is 0 Å². The molecule has 1 heterocycles. The van der Waals surface area contributed by atoms with Gasteiger partial charge in [-0.25, -0.2) is 8.42 Å². The lowest BCUT2D eigenvalue weighted by Gasteiger charge is -2.18. The van der Waals surface area contributed by atoms with E-state index in [4.69, 9.17) is 0 Å². The third kappa shape index (κ3) is 3.76. The Kier molecular flexibility index (Phi) is 4.93. The normalized spacial score (nSPS) is 12.6. The minimum absolute atomic E-state index is 0.350. The van der Waals surface area contributed by atoms with Crippen molar-refractivity contribution in [1.29, 1.82) is 0 Å². The lowest BCUT2D eigenvalue weighted by molar-refractivity contribution is -0.387. The largest absolute Gasteiger partial charge is 0.289 e. The van der Waals surface area contributed by atoms with Crippen LogP contribution in [-0.4, -0.2) is 13.3 Å². The van der Waals surface area contributed by atoms with Gasteiger partial charge in [-0.05, 0) is 23.1 Å². The van der Waals surface area contributed by atoms with Crippen molar-refractivity contribution in [3.05, 3.63) is 92.7 Å². The number of hydrogen-bond acceptors (Lipinski definition) is 5. The van der Waals surface area contributed by atoms with Crippen LogP contribution in [0.2, 0.25) is 0 Å². The molecule has 1 N–H and O–H groups in total. The summed E-state index contributed by atoms with van der Waals surface area (Å²) in [7, 11) is -4.09. The quantitative estimate of drug-likeness (QED) is 0.526. The lowest BCUT2D eigenvalue weighted by Crippen LogP contribution is -2.29. The van der Waals surface area contributed by atoms with Crippen LogP contribution < -0.4 is 4.72 Å². The molecule has 128 valence electrons. The van der Waals surface area contributed by atoms with E-state index in [0.717, 1.165) is 10.4 Å². The molecule has 1 aromatic heterocycles. The Morgan fingerprint density at radius 2 is 1.64 bits per heavy atom. The zero-order chi connectivity index (χ0) is 17.9. The maximum Gasteiger partial charge on any atom is 0.289 e. The van der Waals surface area contributed by atoms with Crippen LogP contribution in [0.4, 0.5) is 5.69 Å². The number of nitro groups is 1. The third-order valence-corrected chi connectivity index (χ3v) is 5.99. The SMILES string of the molecule is O=[N+]([O-])c1ccccc1S(=O)(=O)N[C@H](c1ccccc1)c1cccs1. The van der Waals surface area contributed by atoms with E-state index in [1.165, 1.54) is 35.6 Å². The van der Waals surface area contributed by atoms with Gasteiger partial charge in [0.25, 0.3) is 5.69 Å². The van der Waals surface area contributed by atoms with Crippen LogP contribution >= 0.6 is 11.3 Å². The fourth-order valence-corrected chi connectivity index (χ4v) is 4.70. The molecule has 0 bridgehead atoms. The molecule has 0 radical (unpaired) electrons. The van der Waals surface area contributed by atoms with E-state index in [9.17, 15) is 18.5 Å². The molecule has 3 rings (SSSR count). The Labute approximate surface area is 149 Å². The molecule has 0 amide bonds. The predicted molar refractivity (Wildman–Crippen MR) is 96.0 cm³/mol. The minimum atomic E-state index is -4.09. The first-order chi connectivity index (χ1) is 12.0. The van der Waals surface area contributed by atoms with Gasteiger partial charge >= 0.3 is 0 Å². The Bertz CT molecular complexity index is 971. The van der Waals surface area contributed by atoms with Gasteiger partial charge in [0.1, 0.15) is 0 Å². The summed E-state index contributed by atoms with van der Waals surface area (Å²) in [4.78, 5) is 10.9. The van der Waals surface area contributed by atoms with Crippen LogP contribution in [0.5, 0.6) is 0 Å². The van der Waals surface area contributed by atoms with Crippen LogP contribution in [0.3, 0.4) is 0 Å². The molecule has 25 heavy (non-hydrogen) atoms. The first-order valence-corrected chi connectivity index (χ1v) is 9.69. The standard InChI is InChI=1S/C17H14N2O4S2/c20-19(21)14-9-4-5-11-16(14)25(22,23)18-17(15-10-6-12-24-15)13-7-2-1-3-8-13/h1-12,17-18H/t17-/m1/s1. The van der Waals surface area contributed by atoms with Crippen molar-refractivity contribution in [3.63, 3.8) is 0 Å². The number of benzene rings is 2. The Morgan fingerprint density at radius 3 is 2.28 bits per heavy atom. The maximum absolute atomic E-state index is 12.8. The predicted octanol–water partition coefficient (Wildman–Crippen LogP) is 3.72. The summed E-state index contributed by atoms with van der Waals surface area (Å²) in [5.74, 6) is 0. The Balaban J connectivity index is 2.04. The molecule has 2 aromatic carbocycles. The molecular formula is C17H14N2O4S2. The van der Waals surface area contributed by atoms with E-state index in [-0.39, 0.29) is 4.90 Å². The van der Waals surface area contributed by atoms with E-state index in [2.05, 4.69) is 4.72 Å². The Morgan fingerprint density at radius 1 is 0.960 bits per heavy atom. The van der Waals surface area contributed by atoms with E-state index < -0.39 is 26.7 Å². The van der Waals surface area contributed by atoms with Gasteiger partial charge in [-0.15, -0.1) is 11.3 Å². The van der Waals surface area contributed by atoms with Crippen molar-refractivity contribution in [1.82, 2.24) is 4.72 Å². The molecule has 0 saturated heterocycles. The van der Waals surface area contributed by atoms with Crippen LogP contribution in [0.25, 0.3) is 0 Å². The second-order valence-electron chi connectivity index (χ2n) is 5.21. The van der Waals surface area contributed by atoms with E-state index in [0.29, 0.717) is 0 Å². The van der Waals surface area contributed by atoms with Crippen LogP contribution in [-0.2, 0) is 10.0 Å². The molecule has 0 saturated carbocycles. The van der Waals surface area contributed by atoms with Gasteiger partial charge in [0.05, 0.1) is 11.0 Å². The fourth-order valence-electron chi connectivity index (χ4n) is 2.45. The molecule has 3 aromatic rings. The fraction of sp³-hybridized carbons (Fsp3) is 0.0588. The highest BCUT2D eigenvalue weighted by atomic mass is 32.2. The van der Waals surface area contributed by atoms with Gasteiger partial charge in [-0.3, -0.25) is 10.1 Å². The molecule has 0 unspecified atom stereocenters. The highest BCUT2D eigenvalue weighted by molar-refractivity contribution is 7.89. The van der Waals surface area contributed by atoms with Crippen molar-refractivity contribution in [2.75, 3.05) is 0 Å². The van der Waals surface area contributed by atoms with Crippen molar-refractivity contribution >= 4 is 27.0 Å². The topological polar surface area (TPSA) is 89.3 Å². The molecule has 0 fully saturated rings. The number of nitrogens with zero attached hydrogens (tertiary/aromatic N) is 1. The highest BCUT2D eigenvalue weighted by Crippen LogP contribution is 2.30. The van der Waals surface area contributed by atoms with Crippen LogP contribution in [0.15, 0.2) is 77.0 Å². The first kappa shape index (κ1) is 17.3. The maximum atomic E-state index is 12.8. The second-order valence-corrected chi connectivity index (χ2v) is 7.87.